The van der Waals surface area contributed by atoms with E-state index in [4.69, 9.17) is 0 Å². The summed E-state index contributed by atoms with van der Waals surface area (Å²) in [5.74, 6) is 1.43. The molecule has 1 aromatic heterocycles. The molecule has 0 aliphatic carbocycles. The van der Waals surface area contributed by atoms with Gasteiger partial charge >= 0.3 is 0 Å². The Bertz CT molecular complexity index is 729. The molecule has 0 aliphatic rings. The molecule has 0 aliphatic heterocycles. The van der Waals surface area contributed by atoms with Gasteiger partial charge in [0.1, 0.15) is 12.2 Å². The topological polar surface area (TPSA) is 96.2 Å². The first-order chi connectivity index (χ1) is 12.1. The van der Waals surface area contributed by atoms with Crippen molar-refractivity contribution in [1.29, 1.82) is 0 Å². The maximum Gasteiger partial charge on any atom is 0.251 e. The second-order valence-corrected chi connectivity index (χ2v) is 6.19. The number of carbonyl (C=O) groups is 1. The molecule has 134 valence electrons. The molecule has 0 spiro atoms. The van der Waals surface area contributed by atoms with Crippen molar-refractivity contribution in [2.75, 3.05) is 20.1 Å². The average molecular weight is 408 g/mol. The Morgan fingerprint density at radius 1 is 1.28 bits per heavy atom. The molecule has 0 fully saturated rings. The number of aryl methyl sites for hydroxylation is 1. The Hall–Kier alpha value is -2.42. The normalized spacial score (nSPS) is 11.2. The van der Waals surface area contributed by atoms with E-state index in [1.165, 1.54) is 6.33 Å². The van der Waals surface area contributed by atoms with Gasteiger partial charge in [0.05, 0.1) is 6.54 Å². The van der Waals surface area contributed by atoms with E-state index in [-0.39, 0.29) is 5.91 Å². The van der Waals surface area contributed by atoms with E-state index in [1.54, 1.807) is 23.9 Å². The molecule has 0 saturated carbocycles. The van der Waals surface area contributed by atoms with Crippen LogP contribution < -0.4 is 16.0 Å². The number of amides is 1. The maximum atomic E-state index is 12.0. The molecule has 0 radical (unpaired) electrons. The minimum atomic E-state index is -0.0777. The number of hydrogen-bond donors (Lipinski definition) is 3. The molecule has 3 N–H and O–H groups in total. The van der Waals surface area contributed by atoms with E-state index in [2.05, 4.69) is 47.0 Å². The minimum Gasteiger partial charge on any atom is -0.356 e. The first kappa shape index (κ1) is 18.9. The number of guanidine groups is 1. The van der Waals surface area contributed by atoms with Gasteiger partial charge in [-0.1, -0.05) is 22.0 Å². The molecule has 1 heterocycles. The second kappa shape index (κ2) is 9.77. The molecule has 0 atom stereocenters. The summed E-state index contributed by atoms with van der Waals surface area (Å²) in [5.41, 5.74) is 0.642. The Morgan fingerprint density at radius 2 is 2.08 bits per heavy atom. The lowest BCUT2D eigenvalue weighted by molar-refractivity contribution is 0.0953. The van der Waals surface area contributed by atoms with Gasteiger partial charge in [-0.3, -0.25) is 14.5 Å². The lowest BCUT2D eigenvalue weighted by Gasteiger charge is -2.11. The minimum absolute atomic E-state index is 0.0777. The molecule has 1 aromatic carbocycles. The Balaban J connectivity index is 1.64. The molecule has 25 heavy (non-hydrogen) atoms. The number of carbonyl (C=O) groups excluding carboxylic acids is 1. The molecule has 9 heteroatoms. The van der Waals surface area contributed by atoms with Crippen LogP contribution in [0.1, 0.15) is 22.6 Å². The van der Waals surface area contributed by atoms with Gasteiger partial charge in [-0.15, -0.1) is 0 Å². The van der Waals surface area contributed by atoms with Crippen molar-refractivity contribution in [3.05, 3.63) is 46.5 Å². The molecule has 2 rings (SSSR count). The molecule has 8 nitrogen and oxygen atoms in total. The fourth-order valence-electron chi connectivity index (χ4n) is 2.09. The fourth-order valence-corrected chi connectivity index (χ4v) is 2.49. The molecule has 0 unspecified atom stereocenters. The number of hydrogen-bond acceptors (Lipinski definition) is 4. The van der Waals surface area contributed by atoms with E-state index in [1.807, 2.05) is 19.2 Å². The van der Waals surface area contributed by atoms with Crippen LogP contribution in [0.4, 0.5) is 0 Å². The zero-order valence-corrected chi connectivity index (χ0v) is 15.9. The first-order valence-electron chi connectivity index (χ1n) is 7.91. The standard InChI is InChI=1S/C16H22BrN7O/c1-18-16(21-10-14-22-11-23-24(14)2)20-8-4-7-19-15(25)12-5-3-6-13(17)9-12/h3,5-6,9,11H,4,7-8,10H2,1-2H3,(H,19,25)(H2,18,20,21). The monoisotopic (exact) mass is 407 g/mol. The van der Waals surface area contributed by atoms with Crippen molar-refractivity contribution in [2.45, 2.75) is 13.0 Å². The molecule has 0 saturated heterocycles. The van der Waals surface area contributed by atoms with Crippen molar-refractivity contribution in [1.82, 2.24) is 30.7 Å². The van der Waals surface area contributed by atoms with E-state index < -0.39 is 0 Å². The maximum absolute atomic E-state index is 12.0. The van der Waals surface area contributed by atoms with Gasteiger partial charge in [0.15, 0.2) is 5.96 Å². The highest BCUT2D eigenvalue weighted by Crippen LogP contribution is 2.11. The summed E-state index contributed by atoms with van der Waals surface area (Å²) in [4.78, 5) is 20.3. The van der Waals surface area contributed by atoms with E-state index in [0.29, 0.717) is 31.2 Å². The van der Waals surface area contributed by atoms with Crippen LogP contribution >= 0.6 is 15.9 Å². The highest BCUT2D eigenvalue weighted by Gasteiger charge is 2.05. The molecule has 0 bridgehead atoms. The Morgan fingerprint density at radius 3 is 2.76 bits per heavy atom. The summed E-state index contributed by atoms with van der Waals surface area (Å²) in [5, 5.41) is 13.3. The summed E-state index contributed by atoms with van der Waals surface area (Å²) < 4.78 is 2.59. The highest BCUT2D eigenvalue weighted by molar-refractivity contribution is 9.10. The van der Waals surface area contributed by atoms with Crippen molar-refractivity contribution < 1.29 is 4.79 Å². The van der Waals surface area contributed by atoms with Gasteiger partial charge in [0.2, 0.25) is 0 Å². The Kier molecular flexibility index (Phi) is 7.39. The predicted octanol–water partition coefficient (Wildman–Crippen LogP) is 1.06. The van der Waals surface area contributed by atoms with E-state index in [0.717, 1.165) is 16.7 Å². The van der Waals surface area contributed by atoms with Crippen LogP contribution in [0.5, 0.6) is 0 Å². The number of aromatic nitrogens is 3. The number of benzene rings is 1. The molecule has 1 amide bonds. The second-order valence-electron chi connectivity index (χ2n) is 5.27. The molecular weight excluding hydrogens is 386 g/mol. The van der Waals surface area contributed by atoms with Crippen molar-refractivity contribution in [3.63, 3.8) is 0 Å². The summed E-state index contributed by atoms with van der Waals surface area (Å²) in [7, 11) is 3.55. The summed E-state index contributed by atoms with van der Waals surface area (Å²) >= 11 is 3.36. The van der Waals surface area contributed by atoms with Gasteiger partial charge in [0, 0.05) is 37.2 Å². The molecular formula is C16H22BrN7O. The number of nitrogens with zero attached hydrogens (tertiary/aromatic N) is 4. The van der Waals surface area contributed by atoms with Gasteiger partial charge in [-0.2, -0.15) is 5.10 Å². The molecule has 2 aromatic rings. The van der Waals surface area contributed by atoms with Gasteiger partial charge in [-0.25, -0.2) is 4.98 Å². The quantitative estimate of drug-likeness (QED) is 0.362. The van der Waals surface area contributed by atoms with E-state index in [9.17, 15) is 4.79 Å². The lowest BCUT2D eigenvalue weighted by atomic mass is 10.2. The highest BCUT2D eigenvalue weighted by atomic mass is 79.9. The van der Waals surface area contributed by atoms with E-state index >= 15 is 0 Å². The van der Waals surface area contributed by atoms with Gasteiger partial charge in [-0.05, 0) is 24.6 Å². The van der Waals surface area contributed by atoms with Gasteiger partial charge in [0.25, 0.3) is 5.91 Å². The summed E-state index contributed by atoms with van der Waals surface area (Å²) in [6.45, 7) is 1.81. The largest absolute Gasteiger partial charge is 0.356 e. The number of aliphatic imine (C=N–C) groups is 1. The van der Waals surface area contributed by atoms with Crippen LogP contribution in [0.15, 0.2) is 40.1 Å². The summed E-state index contributed by atoms with van der Waals surface area (Å²) in [6.07, 6.45) is 2.30. The zero-order chi connectivity index (χ0) is 18.1. The SMILES string of the molecule is CN=C(NCCCNC(=O)c1cccc(Br)c1)NCc1ncnn1C. The van der Waals surface area contributed by atoms with Crippen LogP contribution in [0.3, 0.4) is 0 Å². The van der Waals surface area contributed by atoms with Crippen molar-refractivity contribution in [3.8, 4) is 0 Å². The van der Waals surface area contributed by atoms with Crippen LogP contribution in [0, 0.1) is 0 Å². The van der Waals surface area contributed by atoms with Crippen LogP contribution in [0.25, 0.3) is 0 Å². The number of rotatable bonds is 7. The fraction of sp³-hybridized carbons (Fsp3) is 0.375. The number of nitrogens with one attached hydrogen (secondary N) is 3. The van der Waals surface area contributed by atoms with Crippen molar-refractivity contribution >= 4 is 27.8 Å². The third kappa shape index (κ3) is 6.18. The van der Waals surface area contributed by atoms with Crippen LogP contribution in [-0.4, -0.2) is 46.8 Å². The Labute approximate surface area is 155 Å². The third-order valence-electron chi connectivity index (χ3n) is 3.46. The first-order valence-corrected chi connectivity index (χ1v) is 8.70. The smallest absolute Gasteiger partial charge is 0.251 e. The summed E-state index contributed by atoms with van der Waals surface area (Å²) in [6, 6.07) is 7.32. The van der Waals surface area contributed by atoms with Gasteiger partial charge < -0.3 is 16.0 Å². The zero-order valence-electron chi connectivity index (χ0n) is 14.3. The average Bonchev–Trinajstić information content (AvgIpc) is 3.02. The third-order valence-corrected chi connectivity index (χ3v) is 3.95. The number of halogens is 1. The van der Waals surface area contributed by atoms with Crippen LogP contribution in [0.2, 0.25) is 0 Å². The predicted molar refractivity (Wildman–Crippen MR) is 100 cm³/mol. The van der Waals surface area contributed by atoms with Crippen molar-refractivity contribution in [2.24, 2.45) is 12.0 Å². The lowest BCUT2D eigenvalue weighted by Crippen LogP contribution is -2.38. The van der Waals surface area contributed by atoms with Crippen LogP contribution in [-0.2, 0) is 13.6 Å².